The van der Waals surface area contributed by atoms with Gasteiger partial charge in [-0.3, -0.25) is 19.7 Å². The third-order valence-corrected chi connectivity index (χ3v) is 5.52. The summed E-state index contributed by atoms with van der Waals surface area (Å²) in [6, 6.07) is 13.1. The summed E-state index contributed by atoms with van der Waals surface area (Å²) in [5.41, 5.74) is 1.78. The third kappa shape index (κ3) is 5.67. The lowest BCUT2D eigenvalue weighted by Gasteiger charge is -2.09. The number of carbonyl (C=O) groups excluding carboxylic acids is 2. The molecule has 164 valence electrons. The number of allylic oxidation sites excluding steroid dienone is 1. The number of carbonyl (C=O) groups is 2. The molecular weight excluding hydrogens is 430 g/mol. The number of aryl methyl sites for hydroxylation is 1. The van der Waals surface area contributed by atoms with E-state index in [9.17, 15) is 19.7 Å². The number of nitro benzene ring substituents is 1. The number of thioether (sulfide) groups is 1. The molecular formula is C22H21N5O4S. The van der Waals surface area contributed by atoms with E-state index < -0.39 is 4.92 Å². The normalized spacial score (nSPS) is 10.5. The van der Waals surface area contributed by atoms with Gasteiger partial charge in [0.25, 0.3) is 5.69 Å². The second kappa shape index (κ2) is 10.5. The number of benzene rings is 2. The van der Waals surface area contributed by atoms with Crippen LogP contribution in [0.2, 0.25) is 0 Å². The van der Waals surface area contributed by atoms with E-state index in [-0.39, 0.29) is 35.1 Å². The third-order valence-electron chi connectivity index (χ3n) is 4.55. The maximum atomic E-state index is 12.5. The predicted molar refractivity (Wildman–Crippen MR) is 122 cm³/mol. The number of Topliss-reactive ketones (excluding diaryl/α,β-unsaturated/α-hetero) is 1. The first-order valence-corrected chi connectivity index (χ1v) is 10.7. The summed E-state index contributed by atoms with van der Waals surface area (Å²) < 4.78 is 1.72. The highest BCUT2D eigenvalue weighted by Crippen LogP contribution is 2.21. The van der Waals surface area contributed by atoms with E-state index in [2.05, 4.69) is 22.1 Å². The first-order chi connectivity index (χ1) is 15.4. The van der Waals surface area contributed by atoms with Crippen molar-refractivity contribution in [1.29, 1.82) is 0 Å². The first kappa shape index (κ1) is 22.9. The molecule has 0 aliphatic heterocycles. The van der Waals surface area contributed by atoms with Crippen molar-refractivity contribution in [3.8, 4) is 0 Å². The van der Waals surface area contributed by atoms with E-state index in [0.29, 0.717) is 17.5 Å². The lowest BCUT2D eigenvalue weighted by molar-refractivity contribution is -0.384. The van der Waals surface area contributed by atoms with Crippen molar-refractivity contribution in [2.45, 2.75) is 25.0 Å². The minimum atomic E-state index is -0.543. The summed E-state index contributed by atoms with van der Waals surface area (Å²) in [6.07, 6.45) is 1.66. The molecule has 0 saturated heterocycles. The van der Waals surface area contributed by atoms with Crippen LogP contribution in [0.4, 0.5) is 11.4 Å². The van der Waals surface area contributed by atoms with E-state index in [1.165, 1.54) is 24.3 Å². The van der Waals surface area contributed by atoms with Crippen LogP contribution in [0, 0.1) is 17.0 Å². The Labute approximate surface area is 188 Å². The Morgan fingerprint density at radius 1 is 1.22 bits per heavy atom. The molecule has 0 spiro atoms. The molecule has 32 heavy (non-hydrogen) atoms. The maximum Gasteiger partial charge on any atom is 0.270 e. The summed E-state index contributed by atoms with van der Waals surface area (Å²) in [4.78, 5) is 35.4. The highest BCUT2D eigenvalue weighted by atomic mass is 32.2. The zero-order chi connectivity index (χ0) is 23.1. The van der Waals surface area contributed by atoms with Crippen LogP contribution < -0.4 is 5.32 Å². The Kier molecular flexibility index (Phi) is 7.50. The number of hydrogen-bond donors (Lipinski definition) is 1. The number of amides is 1. The Balaban J connectivity index is 1.69. The van der Waals surface area contributed by atoms with Crippen molar-refractivity contribution in [1.82, 2.24) is 14.8 Å². The maximum absolute atomic E-state index is 12.5. The van der Waals surface area contributed by atoms with Crippen LogP contribution in [0.15, 0.2) is 66.3 Å². The second-order valence-electron chi connectivity index (χ2n) is 6.86. The number of hydrogen-bond acceptors (Lipinski definition) is 7. The number of nitrogens with zero attached hydrogens (tertiary/aromatic N) is 4. The van der Waals surface area contributed by atoms with Crippen LogP contribution in [0.25, 0.3) is 0 Å². The molecule has 0 unspecified atom stereocenters. The molecule has 0 aliphatic rings. The number of rotatable bonds is 10. The molecule has 1 aromatic heterocycles. The van der Waals surface area contributed by atoms with Gasteiger partial charge in [0.05, 0.1) is 17.1 Å². The van der Waals surface area contributed by atoms with Crippen LogP contribution >= 0.6 is 11.8 Å². The number of nitrogens with one attached hydrogen (secondary N) is 1. The molecule has 0 atom stereocenters. The predicted octanol–water partition coefficient (Wildman–Crippen LogP) is 3.84. The number of non-ortho nitro benzene ring substituents is 1. The van der Waals surface area contributed by atoms with Gasteiger partial charge < -0.3 is 9.88 Å². The van der Waals surface area contributed by atoms with Crippen LogP contribution in [-0.4, -0.2) is 37.1 Å². The van der Waals surface area contributed by atoms with Gasteiger partial charge in [0.15, 0.2) is 10.9 Å². The van der Waals surface area contributed by atoms with Crippen molar-refractivity contribution in [2.24, 2.45) is 0 Å². The highest BCUT2D eigenvalue weighted by Gasteiger charge is 2.18. The molecule has 2 aromatic carbocycles. The van der Waals surface area contributed by atoms with Crippen LogP contribution in [0.3, 0.4) is 0 Å². The molecule has 1 N–H and O–H groups in total. The van der Waals surface area contributed by atoms with Gasteiger partial charge in [0.1, 0.15) is 5.82 Å². The van der Waals surface area contributed by atoms with Gasteiger partial charge in [0.2, 0.25) is 5.91 Å². The summed E-state index contributed by atoms with van der Waals surface area (Å²) in [7, 11) is 0. The van der Waals surface area contributed by atoms with Crippen molar-refractivity contribution < 1.29 is 14.5 Å². The van der Waals surface area contributed by atoms with Gasteiger partial charge in [-0.15, -0.1) is 16.8 Å². The lowest BCUT2D eigenvalue weighted by Crippen LogP contribution is -2.18. The smallest absolute Gasteiger partial charge is 0.270 e. The van der Waals surface area contributed by atoms with Crippen LogP contribution in [0.5, 0.6) is 0 Å². The Morgan fingerprint density at radius 3 is 2.72 bits per heavy atom. The first-order valence-electron chi connectivity index (χ1n) is 9.68. The van der Waals surface area contributed by atoms with Crippen molar-refractivity contribution in [3.63, 3.8) is 0 Å². The Bertz CT molecular complexity index is 1170. The van der Waals surface area contributed by atoms with Gasteiger partial charge in [-0.25, -0.2) is 0 Å². The topological polar surface area (TPSA) is 120 Å². The summed E-state index contributed by atoms with van der Waals surface area (Å²) in [5.74, 6) is -0.0421. The van der Waals surface area contributed by atoms with Crippen molar-refractivity contribution >= 4 is 34.8 Å². The van der Waals surface area contributed by atoms with E-state index in [1.807, 2.05) is 31.2 Å². The number of nitro groups is 1. The number of para-hydroxylation sites is 1. The average Bonchev–Trinajstić information content (AvgIpc) is 3.15. The van der Waals surface area contributed by atoms with E-state index in [0.717, 1.165) is 23.0 Å². The van der Waals surface area contributed by atoms with E-state index in [1.54, 1.807) is 10.6 Å². The highest BCUT2D eigenvalue weighted by molar-refractivity contribution is 7.99. The number of ketones is 1. The van der Waals surface area contributed by atoms with Gasteiger partial charge in [0, 0.05) is 29.9 Å². The zero-order valence-corrected chi connectivity index (χ0v) is 18.2. The molecule has 1 amide bonds. The molecule has 0 aliphatic carbocycles. The minimum absolute atomic E-state index is 0.00849. The summed E-state index contributed by atoms with van der Waals surface area (Å²) >= 11 is 1.15. The standard InChI is InChI=1S/C22H21N5O4S/c1-3-11-26-20(13-21(29)23-18-10-5-4-7-15(18)2)24-25-22(26)32-14-19(28)16-8-6-9-17(12-16)27(30)31/h3-10,12H,1,11,13-14H2,2H3,(H,23,29). The Hall–Kier alpha value is -3.79. The van der Waals surface area contributed by atoms with Crippen molar-refractivity contribution in [3.05, 3.63) is 88.3 Å². The second-order valence-corrected chi connectivity index (χ2v) is 7.80. The Morgan fingerprint density at radius 2 is 2.00 bits per heavy atom. The lowest BCUT2D eigenvalue weighted by atomic mass is 10.1. The molecule has 9 nitrogen and oxygen atoms in total. The SMILES string of the molecule is C=CCn1c(CC(=O)Nc2ccccc2C)nnc1SCC(=O)c1cccc([N+](=O)[O-])c1. The van der Waals surface area contributed by atoms with Crippen LogP contribution in [0.1, 0.15) is 21.7 Å². The summed E-state index contributed by atoms with van der Waals surface area (Å²) in [5, 5.41) is 22.5. The molecule has 0 radical (unpaired) electrons. The molecule has 3 rings (SSSR count). The van der Waals surface area contributed by atoms with Gasteiger partial charge in [-0.05, 0) is 18.6 Å². The fraction of sp³-hybridized carbons (Fsp3) is 0.182. The number of aromatic nitrogens is 3. The largest absolute Gasteiger partial charge is 0.325 e. The fourth-order valence-electron chi connectivity index (χ4n) is 2.93. The minimum Gasteiger partial charge on any atom is -0.325 e. The molecule has 0 fully saturated rings. The van der Waals surface area contributed by atoms with E-state index in [4.69, 9.17) is 0 Å². The zero-order valence-electron chi connectivity index (χ0n) is 17.4. The average molecular weight is 452 g/mol. The molecule has 3 aromatic rings. The number of anilines is 1. The molecule has 0 bridgehead atoms. The quantitative estimate of drug-likeness (QED) is 0.163. The monoisotopic (exact) mass is 451 g/mol. The summed E-state index contributed by atoms with van der Waals surface area (Å²) in [6.45, 7) is 6.00. The fourth-order valence-corrected chi connectivity index (χ4v) is 3.79. The molecule has 10 heteroatoms. The van der Waals surface area contributed by atoms with Gasteiger partial charge in [-0.2, -0.15) is 0 Å². The van der Waals surface area contributed by atoms with Crippen molar-refractivity contribution in [2.75, 3.05) is 11.1 Å². The van der Waals surface area contributed by atoms with Crippen LogP contribution in [-0.2, 0) is 17.8 Å². The molecule has 0 saturated carbocycles. The molecule has 1 heterocycles. The van der Waals surface area contributed by atoms with Gasteiger partial charge >= 0.3 is 0 Å². The van der Waals surface area contributed by atoms with E-state index >= 15 is 0 Å². The van der Waals surface area contributed by atoms with Gasteiger partial charge in [-0.1, -0.05) is 48.2 Å².